The minimum absolute atomic E-state index is 0.101. The van der Waals surface area contributed by atoms with E-state index in [2.05, 4.69) is 10.6 Å². The number of amides is 2. The molecule has 1 aliphatic rings. The van der Waals surface area contributed by atoms with Gasteiger partial charge >= 0.3 is 0 Å². The summed E-state index contributed by atoms with van der Waals surface area (Å²) in [4.78, 5) is 24.1. The van der Waals surface area contributed by atoms with Gasteiger partial charge in [0, 0.05) is 0 Å². The Balaban J connectivity index is 3.03. The summed E-state index contributed by atoms with van der Waals surface area (Å²) in [6, 6.07) is 0. The van der Waals surface area contributed by atoms with Crippen LogP contribution in [0.3, 0.4) is 0 Å². The second-order valence-corrected chi connectivity index (χ2v) is 4.96. The number of allylic oxidation sites excluding steroid dienone is 2. The van der Waals surface area contributed by atoms with E-state index in [1.807, 2.05) is 26.8 Å². The smallest absolute Gasteiger partial charge is 0.242 e. The van der Waals surface area contributed by atoms with Gasteiger partial charge < -0.3 is 10.6 Å². The Kier molecular flexibility index (Phi) is 4.40. The summed E-state index contributed by atoms with van der Waals surface area (Å²) < 4.78 is 0. The first-order valence-electron chi connectivity index (χ1n) is 5.72. The molecule has 5 heteroatoms. The van der Waals surface area contributed by atoms with Crippen LogP contribution in [0.1, 0.15) is 40.0 Å². The molecule has 1 fully saturated rings. The van der Waals surface area contributed by atoms with Gasteiger partial charge in [0.05, 0.1) is 0 Å². The minimum atomic E-state index is -1.01. The molecule has 0 aliphatic carbocycles. The lowest BCUT2D eigenvalue weighted by atomic mass is 9.77. The lowest BCUT2D eigenvalue weighted by molar-refractivity contribution is -0.144. The second-order valence-electron chi connectivity index (χ2n) is 4.56. The summed E-state index contributed by atoms with van der Waals surface area (Å²) >= 11 is 4.80. The first kappa shape index (κ1) is 13.8. The molecule has 1 aliphatic heterocycles. The van der Waals surface area contributed by atoms with Crippen LogP contribution in [0.15, 0.2) is 11.6 Å². The SMILES string of the molecule is CCCC1(CC=C(C)C)C(=O)NC(=S)NC1=O. The standard InChI is InChI=1S/C12H18N2O2S/c1-4-6-12(7-5-8(2)3)9(15)13-11(17)14-10(12)16/h5H,4,6-7H2,1-3H3,(H2,13,14,15,16,17). The van der Waals surface area contributed by atoms with Gasteiger partial charge in [0.25, 0.3) is 0 Å². The van der Waals surface area contributed by atoms with Crippen LogP contribution in [-0.4, -0.2) is 16.9 Å². The van der Waals surface area contributed by atoms with E-state index in [9.17, 15) is 9.59 Å². The van der Waals surface area contributed by atoms with Crippen molar-refractivity contribution in [3.8, 4) is 0 Å². The normalized spacial score (nSPS) is 18.4. The number of nitrogens with one attached hydrogen (secondary N) is 2. The monoisotopic (exact) mass is 254 g/mol. The molecule has 0 unspecified atom stereocenters. The molecule has 94 valence electrons. The van der Waals surface area contributed by atoms with Crippen LogP contribution >= 0.6 is 12.2 Å². The zero-order chi connectivity index (χ0) is 13.1. The van der Waals surface area contributed by atoms with Gasteiger partial charge in [0.1, 0.15) is 5.41 Å². The Hall–Kier alpha value is -1.23. The Labute approximate surface area is 107 Å². The van der Waals surface area contributed by atoms with Crippen molar-refractivity contribution in [1.29, 1.82) is 0 Å². The number of hydrogen-bond donors (Lipinski definition) is 2. The number of rotatable bonds is 4. The topological polar surface area (TPSA) is 58.2 Å². The third-order valence-corrected chi connectivity index (χ3v) is 3.06. The van der Waals surface area contributed by atoms with Crippen molar-refractivity contribution in [2.75, 3.05) is 0 Å². The first-order valence-corrected chi connectivity index (χ1v) is 6.13. The van der Waals surface area contributed by atoms with Gasteiger partial charge in [0.2, 0.25) is 11.8 Å². The molecular formula is C12H18N2O2S. The summed E-state index contributed by atoms with van der Waals surface area (Å²) in [5.74, 6) is -0.573. The number of hydrogen-bond acceptors (Lipinski definition) is 3. The van der Waals surface area contributed by atoms with Gasteiger partial charge in [-0.25, -0.2) is 0 Å². The predicted molar refractivity (Wildman–Crippen MR) is 70.3 cm³/mol. The number of thiocarbonyl (C=S) groups is 1. The molecule has 4 nitrogen and oxygen atoms in total. The highest BCUT2D eigenvalue weighted by Crippen LogP contribution is 2.32. The van der Waals surface area contributed by atoms with Crippen molar-refractivity contribution in [1.82, 2.24) is 10.6 Å². The Bertz CT molecular complexity index is 364. The summed E-state index contributed by atoms with van der Waals surface area (Å²) in [5, 5.41) is 5.18. The molecular weight excluding hydrogens is 236 g/mol. The van der Waals surface area contributed by atoms with Crippen molar-refractivity contribution in [2.45, 2.75) is 40.0 Å². The molecule has 0 bridgehead atoms. The lowest BCUT2D eigenvalue weighted by Crippen LogP contribution is -2.62. The Morgan fingerprint density at radius 2 is 1.82 bits per heavy atom. The highest BCUT2D eigenvalue weighted by atomic mass is 32.1. The van der Waals surface area contributed by atoms with Gasteiger partial charge in [-0.3, -0.25) is 9.59 Å². The largest absolute Gasteiger partial charge is 0.302 e. The molecule has 0 radical (unpaired) electrons. The molecule has 0 aromatic heterocycles. The first-order chi connectivity index (χ1) is 7.92. The molecule has 1 saturated heterocycles. The van der Waals surface area contributed by atoms with Crippen LogP contribution in [0.2, 0.25) is 0 Å². The van der Waals surface area contributed by atoms with E-state index in [4.69, 9.17) is 12.2 Å². The Morgan fingerprint density at radius 3 is 2.24 bits per heavy atom. The number of carbonyl (C=O) groups is 2. The second kappa shape index (κ2) is 5.40. The van der Waals surface area contributed by atoms with E-state index < -0.39 is 5.41 Å². The third-order valence-electron chi connectivity index (χ3n) is 2.86. The minimum Gasteiger partial charge on any atom is -0.302 e. The molecule has 0 aromatic carbocycles. The molecule has 0 aromatic rings. The molecule has 2 amide bonds. The lowest BCUT2D eigenvalue weighted by Gasteiger charge is -2.34. The van der Waals surface area contributed by atoms with Crippen LogP contribution in [0.25, 0.3) is 0 Å². The van der Waals surface area contributed by atoms with E-state index in [0.29, 0.717) is 12.8 Å². The molecule has 2 N–H and O–H groups in total. The van der Waals surface area contributed by atoms with Crippen LogP contribution < -0.4 is 10.6 Å². The molecule has 0 atom stereocenters. The Morgan fingerprint density at radius 1 is 1.29 bits per heavy atom. The van der Waals surface area contributed by atoms with E-state index in [1.165, 1.54) is 0 Å². The van der Waals surface area contributed by atoms with Gasteiger partial charge in [-0.1, -0.05) is 25.0 Å². The average molecular weight is 254 g/mol. The predicted octanol–water partition coefficient (Wildman–Crippen LogP) is 1.66. The summed E-state index contributed by atoms with van der Waals surface area (Å²) in [6.45, 7) is 5.85. The van der Waals surface area contributed by atoms with Crippen molar-refractivity contribution >= 4 is 29.1 Å². The van der Waals surface area contributed by atoms with Gasteiger partial charge in [-0.05, 0) is 38.9 Å². The molecule has 0 spiro atoms. The number of carbonyl (C=O) groups excluding carboxylic acids is 2. The van der Waals surface area contributed by atoms with Crippen LogP contribution in [0, 0.1) is 5.41 Å². The summed E-state index contributed by atoms with van der Waals surface area (Å²) in [7, 11) is 0. The van der Waals surface area contributed by atoms with Crippen molar-refractivity contribution in [2.24, 2.45) is 5.41 Å². The van der Waals surface area contributed by atoms with Gasteiger partial charge in [-0.15, -0.1) is 0 Å². The zero-order valence-corrected chi connectivity index (χ0v) is 11.2. The van der Waals surface area contributed by atoms with Crippen LogP contribution in [0.5, 0.6) is 0 Å². The highest BCUT2D eigenvalue weighted by Gasteiger charge is 2.47. The quantitative estimate of drug-likeness (QED) is 0.456. The van der Waals surface area contributed by atoms with E-state index >= 15 is 0 Å². The highest BCUT2D eigenvalue weighted by molar-refractivity contribution is 7.80. The fraction of sp³-hybridized carbons (Fsp3) is 0.583. The zero-order valence-electron chi connectivity index (χ0n) is 10.4. The maximum Gasteiger partial charge on any atom is 0.242 e. The maximum absolute atomic E-state index is 12.1. The van der Waals surface area contributed by atoms with Gasteiger partial charge in [0.15, 0.2) is 5.11 Å². The fourth-order valence-corrected chi connectivity index (χ4v) is 2.08. The van der Waals surface area contributed by atoms with E-state index in [-0.39, 0.29) is 16.9 Å². The molecule has 1 heterocycles. The van der Waals surface area contributed by atoms with Crippen molar-refractivity contribution < 1.29 is 9.59 Å². The van der Waals surface area contributed by atoms with Gasteiger partial charge in [-0.2, -0.15) is 0 Å². The molecule has 1 rings (SSSR count). The summed E-state index contributed by atoms with van der Waals surface area (Å²) in [5.41, 5.74) is 0.0863. The van der Waals surface area contributed by atoms with Crippen molar-refractivity contribution in [3.05, 3.63) is 11.6 Å². The molecule has 0 saturated carbocycles. The van der Waals surface area contributed by atoms with Crippen LogP contribution in [0.4, 0.5) is 0 Å². The third kappa shape index (κ3) is 2.91. The van der Waals surface area contributed by atoms with E-state index in [1.54, 1.807) is 0 Å². The summed E-state index contributed by atoms with van der Waals surface area (Å²) in [6.07, 6.45) is 3.63. The van der Waals surface area contributed by atoms with Crippen LogP contribution in [-0.2, 0) is 9.59 Å². The van der Waals surface area contributed by atoms with Crippen molar-refractivity contribution in [3.63, 3.8) is 0 Å². The van der Waals surface area contributed by atoms with E-state index in [0.717, 1.165) is 12.0 Å². The molecule has 17 heavy (non-hydrogen) atoms. The average Bonchev–Trinajstić information content (AvgIpc) is 2.21. The fourth-order valence-electron chi connectivity index (χ4n) is 1.90. The maximum atomic E-state index is 12.1.